The molecule has 1 aliphatic rings. The zero-order chi connectivity index (χ0) is 18.5. The zero-order valence-electron chi connectivity index (χ0n) is 15.7. The van der Waals surface area contributed by atoms with Gasteiger partial charge in [-0.3, -0.25) is 4.79 Å². The van der Waals surface area contributed by atoms with Gasteiger partial charge < -0.3 is 14.8 Å². The summed E-state index contributed by atoms with van der Waals surface area (Å²) in [5.41, 5.74) is 2.38. The smallest absolute Gasteiger partial charge is 0.223 e. The summed E-state index contributed by atoms with van der Waals surface area (Å²) in [4.78, 5) is 12.3. The number of benzene rings is 2. The van der Waals surface area contributed by atoms with Crippen LogP contribution in [-0.2, 0) is 11.2 Å². The monoisotopic (exact) mass is 353 g/mol. The molecule has 4 heteroatoms. The van der Waals surface area contributed by atoms with Crippen molar-refractivity contribution < 1.29 is 14.3 Å². The Labute approximate surface area is 155 Å². The SMILES string of the molecule is COc1ccc([C@H]2CNC(=O)[C@@H](Cc3ccccc3)C2)cc1OC(C)C. The van der Waals surface area contributed by atoms with Gasteiger partial charge in [-0.1, -0.05) is 36.4 Å². The van der Waals surface area contributed by atoms with Crippen molar-refractivity contribution in [1.29, 1.82) is 0 Å². The molecule has 0 aliphatic carbocycles. The number of amides is 1. The molecule has 1 N–H and O–H groups in total. The van der Waals surface area contributed by atoms with E-state index in [-0.39, 0.29) is 23.8 Å². The minimum Gasteiger partial charge on any atom is -0.493 e. The molecule has 3 rings (SSSR count). The van der Waals surface area contributed by atoms with Gasteiger partial charge in [0.1, 0.15) is 0 Å². The molecular weight excluding hydrogens is 326 g/mol. The Bertz CT molecular complexity index is 742. The Morgan fingerprint density at radius 2 is 1.88 bits per heavy atom. The molecule has 2 atom stereocenters. The molecule has 0 saturated carbocycles. The largest absolute Gasteiger partial charge is 0.493 e. The number of nitrogens with one attached hydrogen (secondary N) is 1. The summed E-state index contributed by atoms with van der Waals surface area (Å²) in [7, 11) is 1.65. The van der Waals surface area contributed by atoms with E-state index < -0.39 is 0 Å². The predicted octanol–water partition coefficient (Wildman–Crippen LogP) is 3.94. The maximum atomic E-state index is 12.3. The first-order valence-corrected chi connectivity index (χ1v) is 9.23. The Balaban J connectivity index is 1.77. The number of ether oxygens (including phenoxy) is 2. The number of carbonyl (C=O) groups is 1. The summed E-state index contributed by atoms with van der Waals surface area (Å²) in [5, 5.41) is 3.08. The number of rotatable bonds is 6. The first kappa shape index (κ1) is 18.3. The second-order valence-electron chi connectivity index (χ2n) is 7.14. The van der Waals surface area contributed by atoms with E-state index in [0.29, 0.717) is 6.54 Å². The van der Waals surface area contributed by atoms with Crippen molar-refractivity contribution in [3.05, 3.63) is 59.7 Å². The van der Waals surface area contributed by atoms with Crippen LogP contribution in [0.3, 0.4) is 0 Å². The maximum absolute atomic E-state index is 12.3. The van der Waals surface area contributed by atoms with Crippen LogP contribution in [0.1, 0.15) is 37.3 Å². The summed E-state index contributed by atoms with van der Waals surface area (Å²) < 4.78 is 11.3. The van der Waals surface area contributed by atoms with Gasteiger partial charge in [-0.25, -0.2) is 0 Å². The van der Waals surface area contributed by atoms with Crippen LogP contribution in [0.5, 0.6) is 11.5 Å². The second-order valence-corrected chi connectivity index (χ2v) is 7.14. The quantitative estimate of drug-likeness (QED) is 0.855. The molecule has 0 unspecified atom stereocenters. The molecule has 2 aromatic rings. The molecule has 1 amide bonds. The van der Waals surface area contributed by atoms with E-state index in [1.165, 1.54) is 11.1 Å². The fourth-order valence-corrected chi connectivity index (χ4v) is 3.52. The molecule has 138 valence electrons. The van der Waals surface area contributed by atoms with Crippen molar-refractivity contribution in [3.8, 4) is 11.5 Å². The predicted molar refractivity (Wildman–Crippen MR) is 103 cm³/mol. The fraction of sp³-hybridized carbons (Fsp3) is 0.409. The molecule has 0 radical (unpaired) electrons. The van der Waals surface area contributed by atoms with Crippen molar-refractivity contribution >= 4 is 5.91 Å². The van der Waals surface area contributed by atoms with Gasteiger partial charge in [0.25, 0.3) is 0 Å². The maximum Gasteiger partial charge on any atom is 0.223 e. The standard InChI is InChI=1S/C22H27NO3/c1-15(2)26-21-13-17(9-10-20(21)25-3)19-12-18(22(24)23-14-19)11-16-7-5-4-6-8-16/h4-10,13,15,18-19H,11-12,14H2,1-3H3,(H,23,24)/t18-,19+/m0/s1. The molecule has 0 spiro atoms. The highest BCUT2D eigenvalue weighted by atomic mass is 16.5. The highest BCUT2D eigenvalue weighted by molar-refractivity contribution is 5.80. The average Bonchev–Trinajstić information content (AvgIpc) is 2.64. The van der Waals surface area contributed by atoms with Gasteiger partial charge >= 0.3 is 0 Å². The molecular formula is C22H27NO3. The Kier molecular flexibility index (Phi) is 5.82. The van der Waals surface area contributed by atoms with Crippen molar-refractivity contribution in [2.75, 3.05) is 13.7 Å². The lowest BCUT2D eigenvalue weighted by molar-refractivity contribution is -0.126. The van der Waals surface area contributed by atoms with Crippen LogP contribution >= 0.6 is 0 Å². The third-order valence-electron chi connectivity index (χ3n) is 4.81. The molecule has 1 aliphatic heterocycles. The Hall–Kier alpha value is -2.49. The van der Waals surface area contributed by atoms with Crippen LogP contribution in [0.25, 0.3) is 0 Å². The lowest BCUT2D eigenvalue weighted by atomic mass is 9.82. The van der Waals surface area contributed by atoms with Gasteiger partial charge in [0.05, 0.1) is 13.2 Å². The van der Waals surface area contributed by atoms with E-state index in [1.54, 1.807) is 7.11 Å². The normalized spacial score (nSPS) is 19.9. The fourth-order valence-electron chi connectivity index (χ4n) is 3.52. The first-order chi connectivity index (χ1) is 12.6. The molecule has 1 heterocycles. The highest BCUT2D eigenvalue weighted by Crippen LogP contribution is 2.35. The average molecular weight is 353 g/mol. The van der Waals surface area contributed by atoms with Crippen molar-refractivity contribution in [2.45, 2.75) is 38.7 Å². The second kappa shape index (κ2) is 8.26. The minimum atomic E-state index is -0.00674. The third kappa shape index (κ3) is 4.37. The summed E-state index contributed by atoms with van der Waals surface area (Å²) in [6, 6.07) is 16.3. The van der Waals surface area contributed by atoms with Gasteiger partial charge in [-0.05, 0) is 49.9 Å². The van der Waals surface area contributed by atoms with Gasteiger partial charge in [0, 0.05) is 18.4 Å². The van der Waals surface area contributed by atoms with Crippen LogP contribution in [0.4, 0.5) is 0 Å². The van der Waals surface area contributed by atoms with Crippen LogP contribution in [0.2, 0.25) is 0 Å². The number of carbonyl (C=O) groups excluding carboxylic acids is 1. The van der Waals surface area contributed by atoms with E-state index in [0.717, 1.165) is 24.3 Å². The summed E-state index contributed by atoms with van der Waals surface area (Å²) in [6.45, 7) is 4.67. The van der Waals surface area contributed by atoms with Crippen LogP contribution in [0.15, 0.2) is 48.5 Å². The highest BCUT2D eigenvalue weighted by Gasteiger charge is 2.30. The molecule has 1 saturated heterocycles. The molecule has 1 fully saturated rings. The van der Waals surface area contributed by atoms with Crippen molar-refractivity contribution in [2.24, 2.45) is 5.92 Å². The number of methoxy groups -OCH3 is 1. The van der Waals surface area contributed by atoms with E-state index in [4.69, 9.17) is 9.47 Å². The number of hydrogen-bond acceptors (Lipinski definition) is 3. The Morgan fingerprint density at radius 3 is 2.58 bits per heavy atom. The van der Waals surface area contributed by atoms with Gasteiger partial charge in [-0.2, -0.15) is 0 Å². The molecule has 0 bridgehead atoms. The molecule has 2 aromatic carbocycles. The molecule has 26 heavy (non-hydrogen) atoms. The molecule has 0 aromatic heterocycles. The summed E-state index contributed by atoms with van der Waals surface area (Å²) in [5.74, 6) is 1.92. The summed E-state index contributed by atoms with van der Waals surface area (Å²) in [6.07, 6.45) is 1.69. The number of piperidine rings is 1. The van der Waals surface area contributed by atoms with Gasteiger partial charge in [0.2, 0.25) is 5.91 Å². The lowest BCUT2D eigenvalue weighted by Crippen LogP contribution is -2.41. The van der Waals surface area contributed by atoms with Gasteiger partial charge in [0.15, 0.2) is 11.5 Å². The van der Waals surface area contributed by atoms with Crippen molar-refractivity contribution in [3.63, 3.8) is 0 Å². The van der Waals surface area contributed by atoms with Crippen LogP contribution in [0, 0.1) is 5.92 Å². The van der Waals surface area contributed by atoms with E-state index in [2.05, 4.69) is 29.6 Å². The Morgan fingerprint density at radius 1 is 1.12 bits per heavy atom. The molecule has 4 nitrogen and oxygen atoms in total. The van der Waals surface area contributed by atoms with Gasteiger partial charge in [-0.15, -0.1) is 0 Å². The van der Waals surface area contributed by atoms with E-state index >= 15 is 0 Å². The lowest BCUT2D eigenvalue weighted by Gasteiger charge is -2.30. The topological polar surface area (TPSA) is 47.6 Å². The van der Waals surface area contributed by atoms with Crippen LogP contribution < -0.4 is 14.8 Å². The van der Waals surface area contributed by atoms with Crippen molar-refractivity contribution in [1.82, 2.24) is 5.32 Å². The van der Waals surface area contributed by atoms with E-state index in [1.807, 2.05) is 38.1 Å². The minimum absolute atomic E-state index is 0.00674. The summed E-state index contributed by atoms with van der Waals surface area (Å²) >= 11 is 0. The van der Waals surface area contributed by atoms with E-state index in [9.17, 15) is 4.79 Å². The third-order valence-corrected chi connectivity index (χ3v) is 4.81. The van der Waals surface area contributed by atoms with Crippen LogP contribution in [-0.4, -0.2) is 25.7 Å². The zero-order valence-corrected chi connectivity index (χ0v) is 15.7. The first-order valence-electron chi connectivity index (χ1n) is 9.23. The number of hydrogen-bond donors (Lipinski definition) is 1.